The van der Waals surface area contributed by atoms with Gasteiger partial charge >= 0.3 is 5.97 Å². The van der Waals surface area contributed by atoms with Crippen LogP contribution >= 0.6 is 0 Å². The molecule has 1 N–H and O–H groups in total. The van der Waals surface area contributed by atoms with E-state index in [1.165, 1.54) is 32.8 Å². The van der Waals surface area contributed by atoms with Gasteiger partial charge in [0.2, 0.25) is 0 Å². The summed E-state index contributed by atoms with van der Waals surface area (Å²) in [6, 6.07) is 0. The molecule has 1 saturated heterocycles. The van der Waals surface area contributed by atoms with Gasteiger partial charge in [-0.25, -0.2) is 4.79 Å². The van der Waals surface area contributed by atoms with E-state index in [0.29, 0.717) is 5.92 Å². The summed E-state index contributed by atoms with van der Waals surface area (Å²) in [5, 5.41) is 3.30. The van der Waals surface area contributed by atoms with Crippen LogP contribution in [0.25, 0.3) is 0 Å². The second-order valence-corrected chi connectivity index (χ2v) is 6.50. The SMILES string of the molecule is CCCC1CCN(CC(NC)(C(=O)OC)C2CC2)CC1. The van der Waals surface area contributed by atoms with Crippen molar-refractivity contribution in [2.75, 3.05) is 33.8 Å². The molecular formula is C16H30N2O2. The normalized spacial score (nSPS) is 24.4. The number of esters is 1. The van der Waals surface area contributed by atoms with E-state index in [1.807, 2.05) is 7.05 Å². The average molecular weight is 282 g/mol. The highest BCUT2D eigenvalue weighted by Gasteiger charge is 2.51. The second-order valence-electron chi connectivity index (χ2n) is 6.50. The fourth-order valence-electron chi connectivity index (χ4n) is 3.70. The molecule has 0 bridgehead atoms. The lowest BCUT2D eigenvalue weighted by atomic mass is 9.88. The summed E-state index contributed by atoms with van der Waals surface area (Å²) in [6.07, 6.45) is 7.48. The largest absolute Gasteiger partial charge is 0.468 e. The molecule has 0 aromatic heterocycles. The zero-order chi connectivity index (χ0) is 14.6. The fourth-order valence-corrected chi connectivity index (χ4v) is 3.70. The van der Waals surface area contributed by atoms with Gasteiger partial charge in [-0.1, -0.05) is 19.8 Å². The molecule has 1 heterocycles. The summed E-state index contributed by atoms with van der Waals surface area (Å²) in [4.78, 5) is 14.7. The van der Waals surface area contributed by atoms with Crippen LogP contribution in [0.4, 0.5) is 0 Å². The number of rotatable bonds is 7. The van der Waals surface area contributed by atoms with E-state index in [-0.39, 0.29) is 5.97 Å². The number of hydrogen-bond acceptors (Lipinski definition) is 4. The van der Waals surface area contributed by atoms with Crippen LogP contribution in [-0.4, -0.2) is 50.2 Å². The van der Waals surface area contributed by atoms with Crippen LogP contribution < -0.4 is 5.32 Å². The summed E-state index contributed by atoms with van der Waals surface area (Å²) in [5.41, 5.74) is -0.480. The first kappa shape index (κ1) is 15.8. The van der Waals surface area contributed by atoms with E-state index in [1.54, 1.807) is 0 Å². The number of nitrogens with zero attached hydrogens (tertiary/aromatic N) is 1. The minimum absolute atomic E-state index is 0.0850. The van der Waals surface area contributed by atoms with E-state index in [0.717, 1.165) is 38.4 Å². The van der Waals surface area contributed by atoms with Crippen molar-refractivity contribution < 1.29 is 9.53 Å². The van der Waals surface area contributed by atoms with Crippen LogP contribution in [0.2, 0.25) is 0 Å². The molecule has 1 aliphatic carbocycles. The molecule has 0 aromatic carbocycles. The van der Waals surface area contributed by atoms with Gasteiger partial charge < -0.3 is 15.0 Å². The second kappa shape index (κ2) is 6.90. The number of carbonyl (C=O) groups excluding carboxylic acids is 1. The smallest absolute Gasteiger partial charge is 0.327 e. The first-order valence-electron chi connectivity index (χ1n) is 8.16. The average Bonchev–Trinajstić information content (AvgIpc) is 3.31. The maximum Gasteiger partial charge on any atom is 0.327 e. The van der Waals surface area contributed by atoms with Crippen LogP contribution in [0.15, 0.2) is 0 Å². The van der Waals surface area contributed by atoms with E-state index in [4.69, 9.17) is 4.74 Å². The van der Waals surface area contributed by atoms with Gasteiger partial charge in [0.15, 0.2) is 0 Å². The van der Waals surface area contributed by atoms with Crippen molar-refractivity contribution in [2.24, 2.45) is 11.8 Å². The molecule has 2 rings (SSSR count). The number of nitrogens with one attached hydrogen (secondary N) is 1. The Labute approximate surface area is 123 Å². The number of methoxy groups -OCH3 is 1. The van der Waals surface area contributed by atoms with Gasteiger partial charge in [0.1, 0.15) is 5.54 Å². The summed E-state index contributed by atoms with van der Waals surface area (Å²) >= 11 is 0. The van der Waals surface area contributed by atoms with Gasteiger partial charge in [0.25, 0.3) is 0 Å². The van der Waals surface area contributed by atoms with Crippen molar-refractivity contribution in [1.29, 1.82) is 0 Å². The Bertz CT molecular complexity index is 322. The molecule has 2 aliphatic rings. The zero-order valence-electron chi connectivity index (χ0n) is 13.3. The third-order valence-electron chi connectivity index (χ3n) is 5.15. The lowest BCUT2D eigenvalue weighted by molar-refractivity contribution is -0.150. The molecule has 1 aliphatic heterocycles. The van der Waals surface area contributed by atoms with Crippen molar-refractivity contribution in [3.63, 3.8) is 0 Å². The topological polar surface area (TPSA) is 41.6 Å². The van der Waals surface area contributed by atoms with Crippen LogP contribution in [-0.2, 0) is 9.53 Å². The molecule has 4 nitrogen and oxygen atoms in total. The molecule has 4 heteroatoms. The van der Waals surface area contributed by atoms with Gasteiger partial charge in [-0.05, 0) is 57.7 Å². The third kappa shape index (κ3) is 3.34. The van der Waals surface area contributed by atoms with E-state index in [2.05, 4.69) is 17.1 Å². The Balaban J connectivity index is 1.94. The number of carbonyl (C=O) groups is 1. The molecule has 0 spiro atoms. The van der Waals surface area contributed by atoms with Crippen molar-refractivity contribution in [3.05, 3.63) is 0 Å². The summed E-state index contributed by atoms with van der Waals surface area (Å²) in [6.45, 7) is 5.32. The Morgan fingerprint density at radius 2 is 1.95 bits per heavy atom. The summed E-state index contributed by atoms with van der Waals surface area (Å²) in [5.74, 6) is 1.26. The molecule has 1 atom stereocenters. The highest BCUT2D eigenvalue weighted by atomic mass is 16.5. The Morgan fingerprint density at radius 3 is 2.40 bits per heavy atom. The number of piperidine rings is 1. The maximum absolute atomic E-state index is 12.3. The van der Waals surface area contributed by atoms with Crippen molar-refractivity contribution in [1.82, 2.24) is 10.2 Å². The minimum Gasteiger partial charge on any atom is -0.468 e. The maximum atomic E-state index is 12.3. The van der Waals surface area contributed by atoms with E-state index >= 15 is 0 Å². The number of hydrogen-bond donors (Lipinski definition) is 1. The number of likely N-dealkylation sites (N-methyl/N-ethyl adjacent to an activating group) is 1. The lowest BCUT2D eigenvalue weighted by Gasteiger charge is -2.39. The summed E-state index contributed by atoms with van der Waals surface area (Å²) < 4.78 is 5.08. The van der Waals surface area contributed by atoms with Gasteiger partial charge in [-0.3, -0.25) is 0 Å². The number of likely N-dealkylation sites (tertiary alicyclic amines) is 1. The first-order chi connectivity index (χ1) is 9.66. The van der Waals surface area contributed by atoms with Gasteiger partial charge in [-0.2, -0.15) is 0 Å². The fraction of sp³-hybridized carbons (Fsp3) is 0.938. The van der Waals surface area contributed by atoms with Crippen molar-refractivity contribution in [3.8, 4) is 0 Å². The summed E-state index contributed by atoms with van der Waals surface area (Å²) in [7, 11) is 3.41. The van der Waals surface area contributed by atoms with Crippen LogP contribution in [0.3, 0.4) is 0 Å². The standard InChI is InChI=1S/C16H30N2O2/c1-4-5-13-8-10-18(11-9-13)12-16(17-2,14-6-7-14)15(19)20-3/h13-14,17H,4-12H2,1-3H3. The molecule has 1 unspecified atom stereocenters. The van der Waals surface area contributed by atoms with Gasteiger partial charge in [-0.15, -0.1) is 0 Å². The van der Waals surface area contributed by atoms with Crippen molar-refractivity contribution >= 4 is 5.97 Å². The zero-order valence-corrected chi connectivity index (χ0v) is 13.3. The predicted octanol–water partition coefficient (Wildman–Crippen LogP) is 2.04. The molecule has 0 aromatic rings. The highest BCUT2D eigenvalue weighted by Crippen LogP contribution is 2.41. The molecule has 0 radical (unpaired) electrons. The third-order valence-corrected chi connectivity index (χ3v) is 5.15. The highest BCUT2D eigenvalue weighted by molar-refractivity contribution is 5.82. The predicted molar refractivity (Wildman–Crippen MR) is 80.6 cm³/mol. The van der Waals surface area contributed by atoms with Crippen molar-refractivity contribution in [2.45, 2.75) is 51.0 Å². The molecule has 116 valence electrons. The van der Waals surface area contributed by atoms with Crippen LogP contribution in [0, 0.1) is 11.8 Å². The monoisotopic (exact) mass is 282 g/mol. The van der Waals surface area contributed by atoms with E-state index < -0.39 is 5.54 Å². The Hall–Kier alpha value is -0.610. The van der Waals surface area contributed by atoms with Gasteiger partial charge in [0, 0.05) is 6.54 Å². The molecule has 20 heavy (non-hydrogen) atoms. The first-order valence-corrected chi connectivity index (χ1v) is 8.16. The Morgan fingerprint density at radius 1 is 1.30 bits per heavy atom. The molecular weight excluding hydrogens is 252 g/mol. The van der Waals surface area contributed by atoms with E-state index in [9.17, 15) is 4.79 Å². The quantitative estimate of drug-likeness (QED) is 0.726. The molecule has 0 amide bonds. The Kier molecular flexibility index (Phi) is 5.44. The minimum atomic E-state index is -0.480. The van der Waals surface area contributed by atoms with Crippen LogP contribution in [0.1, 0.15) is 45.4 Å². The molecule has 2 fully saturated rings. The number of ether oxygens (including phenoxy) is 1. The van der Waals surface area contributed by atoms with Gasteiger partial charge in [0.05, 0.1) is 7.11 Å². The lowest BCUT2D eigenvalue weighted by Crippen LogP contribution is -2.60. The molecule has 1 saturated carbocycles. The van der Waals surface area contributed by atoms with Crippen LogP contribution in [0.5, 0.6) is 0 Å².